The van der Waals surface area contributed by atoms with E-state index in [-0.39, 0.29) is 35.0 Å². The van der Waals surface area contributed by atoms with E-state index in [1.165, 1.54) is 43.9 Å². The number of carbonyl (C=O) groups excluding carboxylic acids is 4. The molecule has 0 saturated carbocycles. The summed E-state index contributed by atoms with van der Waals surface area (Å²) in [6.45, 7) is 8.92. The number of aromatic nitrogens is 1. The highest BCUT2D eigenvalue weighted by molar-refractivity contribution is 8.00. The number of oxime groups is 1. The van der Waals surface area contributed by atoms with Crippen LogP contribution < -0.4 is 10.6 Å². The molecule has 302 valence electrons. The van der Waals surface area contributed by atoms with Crippen molar-refractivity contribution in [3.8, 4) is 0 Å². The number of anilines is 1. The lowest BCUT2D eigenvalue weighted by atomic mass is 9.77. The number of esters is 2. The number of nitrogens with one attached hydrogen (secondary N) is 2. The molecule has 4 aromatic rings. The molecule has 1 saturated heterocycles. The minimum absolute atomic E-state index is 0.0720. The number of aliphatic carboxylic acids is 1. The van der Waals surface area contributed by atoms with Gasteiger partial charge in [-0.25, -0.2) is 14.6 Å². The first-order chi connectivity index (χ1) is 27.5. The maximum absolute atomic E-state index is 14.2. The van der Waals surface area contributed by atoms with Crippen LogP contribution in [0.5, 0.6) is 0 Å². The van der Waals surface area contributed by atoms with Crippen molar-refractivity contribution >= 4 is 63.7 Å². The molecule has 3 aromatic carbocycles. The zero-order chi connectivity index (χ0) is 41.8. The third kappa shape index (κ3) is 8.77. The molecule has 2 aliphatic rings. The minimum atomic E-state index is -1.65. The molecular weight excluding hydrogens is 783 g/mol. The molecule has 16 heteroatoms. The lowest BCUT2D eigenvalue weighted by molar-refractivity contribution is -0.179. The highest BCUT2D eigenvalue weighted by atomic mass is 32.2. The van der Waals surface area contributed by atoms with Crippen LogP contribution in [0.3, 0.4) is 0 Å². The highest BCUT2D eigenvalue weighted by Crippen LogP contribution is 2.42. The van der Waals surface area contributed by atoms with Crippen LogP contribution >= 0.6 is 23.1 Å². The summed E-state index contributed by atoms with van der Waals surface area (Å²) in [5.41, 5.74) is -1.00. The normalized spacial score (nSPS) is 17.1. The predicted octanol–water partition coefficient (Wildman–Crippen LogP) is 5.69. The maximum atomic E-state index is 14.2. The van der Waals surface area contributed by atoms with Crippen molar-refractivity contribution in [1.29, 1.82) is 0 Å². The SMILES string of the molecule is CC(=O)OCC1=C(C(=O)O)N2C(=O)[C@@H](NC(=O)/C(=N\OC(C)(C)C(=O)OC(C)(C)C)c3csc(NC(c4ccccc4)(c4ccccc4)c4ccccc4)n3)[C@H]2SC1. The van der Waals surface area contributed by atoms with Crippen LogP contribution in [0.15, 0.2) is 113 Å². The van der Waals surface area contributed by atoms with E-state index in [0.717, 1.165) is 21.6 Å². The number of β-lactam (4-membered cyclic amide) rings is 1. The summed E-state index contributed by atoms with van der Waals surface area (Å²) in [4.78, 5) is 76.2. The van der Waals surface area contributed by atoms with Gasteiger partial charge in [-0.05, 0) is 51.3 Å². The van der Waals surface area contributed by atoms with Crippen molar-refractivity contribution < 1.29 is 43.4 Å². The maximum Gasteiger partial charge on any atom is 0.353 e. The van der Waals surface area contributed by atoms with Gasteiger partial charge in [0, 0.05) is 23.6 Å². The first-order valence-electron chi connectivity index (χ1n) is 18.3. The van der Waals surface area contributed by atoms with Gasteiger partial charge in [-0.1, -0.05) is 96.2 Å². The largest absolute Gasteiger partial charge is 0.477 e. The molecule has 58 heavy (non-hydrogen) atoms. The van der Waals surface area contributed by atoms with Crippen LogP contribution in [0.4, 0.5) is 5.13 Å². The molecule has 2 amide bonds. The number of carbonyl (C=O) groups is 5. The Morgan fingerprint density at radius 1 is 0.897 bits per heavy atom. The van der Waals surface area contributed by atoms with Crippen molar-refractivity contribution in [3.63, 3.8) is 0 Å². The Bertz CT molecular complexity index is 2160. The van der Waals surface area contributed by atoms with Crippen LogP contribution in [0, 0.1) is 0 Å². The van der Waals surface area contributed by atoms with Gasteiger partial charge in [0.1, 0.15) is 40.6 Å². The Morgan fingerprint density at radius 3 is 1.95 bits per heavy atom. The summed E-state index contributed by atoms with van der Waals surface area (Å²) >= 11 is 2.41. The number of rotatable bonds is 14. The van der Waals surface area contributed by atoms with Gasteiger partial charge in [0.25, 0.3) is 11.8 Å². The predicted molar refractivity (Wildman–Crippen MR) is 219 cm³/mol. The summed E-state index contributed by atoms with van der Waals surface area (Å²) in [6.07, 6.45) is 0. The zero-order valence-corrected chi connectivity index (χ0v) is 34.3. The molecule has 2 atom stereocenters. The van der Waals surface area contributed by atoms with Gasteiger partial charge in [0.2, 0.25) is 5.60 Å². The Hall–Kier alpha value is -6.00. The molecule has 0 aliphatic carbocycles. The van der Waals surface area contributed by atoms with E-state index in [1.54, 1.807) is 26.2 Å². The molecule has 0 bridgehead atoms. The fraction of sp³-hybridized carbons (Fsp3) is 0.310. The number of fused-ring (bicyclic) bond motifs is 1. The molecule has 0 radical (unpaired) electrons. The van der Waals surface area contributed by atoms with Crippen molar-refractivity contribution in [3.05, 3.63) is 130 Å². The van der Waals surface area contributed by atoms with Gasteiger partial charge in [-0.15, -0.1) is 23.1 Å². The molecule has 3 heterocycles. The Morgan fingerprint density at radius 2 is 1.45 bits per heavy atom. The van der Waals surface area contributed by atoms with Gasteiger partial charge in [0.15, 0.2) is 10.8 Å². The van der Waals surface area contributed by atoms with Gasteiger partial charge in [-0.2, -0.15) is 0 Å². The van der Waals surface area contributed by atoms with E-state index in [9.17, 15) is 29.1 Å². The van der Waals surface area contributed by atoms with E-state index in [1.807, 2.05) is 91.0 Å². The van der Waals surface area contributed by atoms with E-state index < -0.39 is 57.9 Å². The van der Waals surface area contributed by atoms with Crippen LogP contribution in [0.2, 0.25) is 0 Å². The minimum Gasteiger partial charge on any atom is -0.477 e. The summed E-state index contributed by atoms with van der Waals surface area (Å²) < 4.78 is 10.6. The van der Waals surface area contributed by atoms with Gasteiger partial charge < -0.3 is 30.1 Å². The van der Waals surface area contributed by atoms with E-state index in [2.05, 4.69) is 15.8 Å². The molecular formula is C42H43N5O9S2. The van der Waals surface area contributed by atoms with E-state index >= 15 is 0 Å². The van der Waals surface area contributed by atoms with Crippen molar-refractivity contribution in [1.82, 2.24) is 15.2 Å². The number of ether oxygens (including phenoxy) is 2. The Balaban J connectivity index is 1.36. The fourth-order valence-electron chi connectivity index (χ4n) is 6.38. The molecule has 3 N–H and O–H groups in total. The summed E-state index contributed by atoms with van der Waals surface area (Å²) in [5.74, 6) is -4.11. The average Bonchev–Trinajstić information content (AvgIpc) is 3.65. The first kappa shape index (κ1) is 41.6. The number of thioether (sulfide) groups is 1. The second-order valence-corrected chi connectivity index (χ2v) is 16.9. The van der Waals surface area contributed by atoms with Crippen molar-refractivity contribution in [2.45, 2.75) is 69.7 Å². The number of thiazole rings is 1. The number of nitrogens with zero attached hydrogens (tertiary/aromatic N) is 3. The zero-order valence-electron chi connectivity index (χ0n) is 32.7. The average molecular weight is 826 g/mol. The molecule has 1 aromatic heterocycles. The van der Waals surface area contributed by atoms with Crippen molar-refractivity contribution in [2.75, 3.05) is 17.7 Å². The number of hydrogen-bond donors (Lipinski definition) is 3. The Kier molecular flexibility index (Phi) is 12.1. The first-order valence-corrected chi connectivity index (χ1v) is 20.2. The van der Waals surface area contributed by atoms with Crippen LogP contribution in [-0.2, 0) is 43.8 Å². The summed E-state index contributed by atoms with van der Waals surface area (Å²) in [5, 5.41) is 21.8. The second kappa shape index (κ2) is 16.8. The topological polar surface area (TPSA) is 186 Å². The second-order valence-electron chi connectivity index (χ2n) is 15.0. The van der Waals surface area contributed by atoms with E-state index in [4.69, 9.17) is 19.3 Å². The van der Waals surface area contributed by atoms with Gasteiger partial charge in [0.05, 0.1) is 0 Å². The third-order valence-corrected chi connectivity index (χ3v) is 11.2. The smallest absolute Gasteiger partial charge is 0.353 e. The quantitative estimate of drug-likeness (QED) is 0.0465. The number of carboxylic acid groups (broad SMARTS) is 1. The number of carboxylic acids is 1. The highest BCUT2D eigenvalue weighted by Gasteiger charge is 2.54. The fourth-order valence-corrected chi connectivity index (χ4v) is 8.45. The molecule has 6 rings (SSSR count). The molecule has 0 unspecified atom stereocenters. The molecule has 2 aliphatic heterocycles. The van der Waals surface area contributed by atoms with Crippen LogP contribution in [0.1, 0.15) is 63.9 Å². The number of amides is 2. The monoisotopic (exact) mass is 825 g/mol. The van der Waals surface area contributed by atoms with E-state index in [0.29, 0.717) is 5.13 Å². The molecule has 1 fully saturated rings. The lowest BCUT2D eigenvalue weighted by Crippen LogP contribution is -2.71. The summed E-state index contributed by atoms with van der Waals surface area (Å²) in [7, 11) is 0. The standard InChI is InChI=1S/C42H43N5O9S2/c1-25(48)54-22-26-23-57-36-32(35(50)47(36)33(26)37(51)52)44-34(49)31(46-56-41(5,6)38(53)55-40(2,3)4)30-24-58-39(43-30)45-42(27-16-10-7-11-17-27,28-18-12-8-13-19-28)29-20-14-9-15-21-29/h7-21,24,32,36H,22-23H2,1-6H3,(H,43,45)(H,44,49)(H,51,52)/b46-31-/t32-,36-/m1/s1. The molecule has 0 spiro atoms. The Labute approximate surface area is 343 Å². The van der Waals surface area contributed by atoms with Gasteiger partial charge >= 0.3 is 17.9 Å². The van der Waals surface area contributed by atoms with Gasteiger partial charge in [-0.3, -0.25) is 19.3 Å². The number of hydrogen-bond acceptors (Lipinski definition) is 13. The summed E-state index contributed by atoms with van der Waals surface area (Å²) in [6, 6.07) is 28.5. The van der Waals surface area contributed by atoms with Crippen molar-refractivity contribution in [2.24, 2.45) is 5.16 Å². The molecule has 14 nitrogen and oxygen atoms in total. The number of benzene rings is 3. The van der Waals surface area contributed by atoms with Crippen LogP contribution in [-0.4, -0.2) is 85.4 Å². The van der Waals surface area contributed by atoms with Crippen LogP contribution in [0.25, 0.3) is 0 Å². The lowest BCUT2D eigenvalue weighted by Gasteiger charge is -2.49. The third-order valence-electron chi connectivity index (χ3n) is 9.12.